The molecule has 2 aromatic rings. The van der Waals surface area contributed by atoms with Gasteiger partial charge in [0.2, 0.25) is 0 Å². The van der Waals surface area contributed by atoms with Gasteiger partial charge in [0.15, 0.2) is 0 Å². The number of rotatable bonds is 6. The molecular weight excluding hydrogens is 316 g/mol. The SMILES string of the molecule is CCNC(Cc1ccccn1)Cc1c(Br)c(C)nn1C. The number of halogens is 1. The molecule has 1 unspecified atom stereocenters. The maximum atomic E-state index is 4.46. The zero-order valence-corrected chi connectivity index (χ0v) is 13.8. The molecule has 1 N–H and O–H groups in total. The number of hydrogen-bond acceptors (Lipinski definition) is 3. The van der Waals surface area contributed by atoms with E-state index in [1.165, 1.54) is 5.69 Å². The Hall–Kier alpha value is -1.20. The van der Waals surface area contributed by atoms with Gasteiger partial charge in [-0.15, -0.1) is 0 Å². The highest BCUT2D eigenvalue weighted by Crippen LogP contribution is 2.22. The van der Waals surface area contributed by atoms with Crippen LogP contribution in [0.4, 0.5) is 0 Å². The topological polar surface area (TPSA) is 42.7 Å². The van der Waals surface area contributed by atoms with Crippen LogP contribution >= 0.6 is 15.9 Å². The van der Waals surface area contributed by atoms with E-state index >= 15 is 0 Å². The van der Waals surface area contributed by atoms with Crippen LogP contribution in [-0.2, 0) is 19.9 Å². The summed E-state index contributed by atoms with van der Waals surface area (Å²) in [5, 5.41) is 8.00. The maximum absolute atomic E-state index is 4.46. The molecule has 0 spiro atoms. The van der Waals surface area contributed by atoms with Gasteiger partial charge in [-0.25, -0.2) is 0 Å². The van der Waals surface area contributed by atoms with Crippen LogP contribution in [0.2, 0.25) is 0 Å². The lowest BCUT2D eigenvalue weighted by Gasteiger charge is -2.18. The summed E-state index contributed by atoms with van der Waals surface area (Å²) in [6.07, 6.45) is 3.70. The first-order chi connectivity index (χ1) is 9.61. The Morgan fingerprint density at radius 1 is 1.35 bits per heavy atom. The lowest BCUT2D eigenvalue weighted by Crippen LogP contribution is -2.34. The maximum Gasteiger partial charge on any atom is 0.0738 e. The molecule has 5 heteroatoms. The van der Waals surface area contributed by atoms with Gasteiger partial charge in [-0.3, -0.25) is 9.67 Å². The summed E-state index contributed by atoms with van der Waals surface area (Å²) in [5.41, 5.74) is 3.38. The van der Waals surface area contributed by atoms with Gasteiger partial charge in [-0.1, -0.05) is 13.0 Å². The standard InChI is InChI=1S/C15H21BrN4/c1-4-17-13(9-12-7-5-6-8-18-12)10-14-15(16)11(2)19-20(14)3/h5-8,13,17H,4,9-10H2,1-3H3. The van der Waals surface area contributed by atoms with Crippen LogP contribution in [0.3, 0.4) is 0 Å². The summed E-state index contributed by atoms with van der Waals surface area (Å²) in [7, 11) is 2.00. The molecule has 0 aliphatic heterocycles. The average Bonchev–Trinajstić information content (AvgIpc) is 2.67. The van der Waals surface area contributed by atoms with E-state index in [1.807, 2.05) is 37.0 Å². The summed E-state index contributed by atoms with van der Waals surface area (Å²) in [6, 6.07) is 6.43. The normalized spacial score (nSPS) is 12.6. The predicted molar refractivity (Wildman–Crippen MR) is 84.8 cm³/mol. The lowest BCUT2D eigenvalue weighted by molar-refractivity contribution is 0.499. The molecule has 1 atom stereocenters. The van der Waals surface area contributed by atoms with Crippen LogP contribution in [0.5, 0.6) is 0 Å². The number of pyridine rings is 1. The molecule has 2 rings (SSSR count). The van der Waals surface area contributed by atoms with Crippen molar-refractivity contribution in [1.82, 2.24) is 20.1 Å². The van der Waals surface area contributed by atoms with Gasteiger partial charge in [0, 0.05) is 37.8 Å². The fraction of sp³-hybridized carbons (Fsp3) is 0.467. The van der Waals surface area contributed by atoms with Crippen LogP contribution in [0.15, 0.2) is 28.9 Å². The highest BCUT2D eigenvalue weighted by Gasteiger charge is 2.17. The third-order valence-corrected chi connectivity index (χ3v) is 4.41. The van der Waals surface area contributed by atoms with E-state index in [1.54, 1.807) is 0 Å². The Balaban J connectivity index is 2.13. The first-order valence-corrected chi connectivity index (χ1v) is 7.72. The highest BCUT2D eigenvalue weighted by atomic mass is 79.9. The van der Waals surface area contributed by atoms with E-state index in [-0.39, 0.29) is 0 Å². The smallest absolute Gasteiger partial charge is 0.0738 e. The number of nitrogens with zero attached hydrogens (tertiary/aromatic N) is 3. The van der Waals surface area contributed by atoms with E-state index < -0.39 is 0 Å². The molecule has 20 heavy (non-hydrogen) atoms. The first-order valence-electron chi connectivity index (χ1n) is 6.93. The zero-order chi connectivity index (χ0) is 14.5. The molecule has 0 saturated carbocycles. The molecule has 2 aromatic heterocycles. The van der Waals surface area contributed by atoms with Crippen LogP contribution < -0.4 is 5.32 Å². The van der Waals surface area contributed by atoms with Crippen molar-refractivity contribution in [3.05, 3.63) is 46.0 Å². The second-order valence-corrected chi connectivity index (χ2v) is 5.75. The van der Waals surface area contributed by atoms with Crippen LogP contribution in [0.1, 0.15) is 24.0 Å². The van der Waals surface area contributed by atoms with E-state index in [2.05, 4.69) is 44.3 Å². The van der Waals surface area contributed by atoms with Crippen LogP contribution in [0, 0.1) is 6.92 Å². The van der Waals surface area contributed by atoms with Crippen molar-refractivity contribution in [3.8, 4) is 0 Å². The van der Waals surface area contributed by atoms with Crippen molar-refractivity contribution in [2.75, 3.05) is 6.54 Å². The third-order valence-electron chi connectivity index (χ3n) is 3.38. The third kappa shape index (κ3) is 3.67. The second-order valence-electron chi connectivity index (χ2n) is 4.95. The average molecular weight is 337 g/mol. The van der Waals surface area contributed by atoms with Crippen molar-refractivity contribution in [2.45, 2.75) is 32.7 Å². The minimum atomic E-state index is 0.362. The molecule has 0 fully saturated rings. The molecule has 0 radical (unpaired) electrons. The van der Waals surface area contributed by atoms with Crippen molar-refractivity contribution >= 4 is 15.9 Å². The number of likely N-dealkylation sites (N-methyl/N-ethyl adjacent to an activating group) is 1. The Labute approximate surface area is 128 Å². The quantitative estimate of drug-likeness (QED) is 0.881. The Morgan fingerprint density at radius 2 is 2.15 bits per heavy atom. The molecule has 4 nitrogen and oxygen atoms in total. The highest BCUT2D eigenvalue weighted by molar-refractivity contribution is 9.10. The molecule has 108 valence electrons. The summed E-state index contributed by atoms with van der Waals surface area (Å²) in [4.78, 5) is 4.42. The molecule has 0 aromatic carbocycles. The Kier molecular flexibility index (Phi) is 5.31. The van der Waals surface area contributed by atoms with E-state index in [4.69, 9.17) is 0 Å². The number of hydrogen-bond donors (Lipinski definition) is 1. The number of nitrogens with one attached hydrogen (secondary N) is 1. The molecule has 0 saturated heterocycles. The van der Waals surface area contributed by atoms with E-state index in [9.17, 15) is 0 Å². The van der Waals surface area contributed by atoms with E-state index in [0.717, 1.165) is 35.2 Å². The Bertz CT molecular complexity index is 551. The summed E-state index contributed by atoms with van der Waals surface area (Å²) >= 11 is 3.64. The summed E-state index contributed by atoms with van der Waals surface area (Å²) < 4.78 is 3.08. The second kappa shape index (κ2) is 6.99. The van der Waals surface area contributed by atoms with Gasteiger partial charge in [0.25, 0.3) is 0 Å². The summed E-state index contributed by atoms with van der Waals surface area (Å²) in [6.45, 7) is 5.11. The largest absolute Gasteiger partial charge is 0.313 e. The van der Waals surface area contributed by atoms with Gasteiger partial charge in [-0.2, -0.15) is 5.10 Å². The van der Waals surface area contributed by atoms with Gasteiger partial charge >= 0.3 is 0 Å². The predicted octanol–water partition coefficient (Wildman–Crippen LogP) is 2.65. The molecule has 0 aliphatic rings. The molecule has 0 aliphatic carbocycles. The Morgan fingerprint density at radius 3 is 2.70 bits per heavy atom. The van der Waals surface area contributed by atoms with Gasteiger partial charge in [0.05, 0.1) is 15.9 Å². The minimum Gasteiger partial charge on any atom is -0.313 e. The van der Waals surface area contributed by atoms with Gasteiger partial charge in [-0.05, 0) is 41.5 Å². The molecule has 0 amide bonds. The lowest BCUT2D eigenvalue weighted by atomic mass is 10.0. The van der Waals surface area contributed by atoms with Crippen LogP contribution in [-0.4, -0.2) is 27.4 Å². The molecule has 0 bridgehead atoms. The summed E-state index contributed by atoms with van der Waals surface area (Å²) in [5.74, 6) is 0. The van der Waals surface area contributed by atoms with Crippen LogP contribution in [0.25, 0.3) is 0 Å². The van der Waals surface area contributed by atoms with Gasteiger partial charge < -0.3 is 5.32 Å². The van der Waals surface area contributed by atoms with Crippen molar-refractivity contribution in [3.63, 3.8) is 0 Å². The van der Waals surface area contributed by atoms with Crippen molar-refractivity contribution in [1.29, 1.82) is 0 Å². The van der Waals surface area contributed by atoms with Crippen molar-refractivity contribution in [2.24, 2.45) is 7.05 Å². The first kappa shape index (κ1) is 15.2. The van der Waals surface area contributed by atoms with Crippen molar-refractivity contribution < 1.29 is 0 Å². The van der Waals surface area contributed by atoms with E-state index in [0.29, 0.717) is 6.04 Å². The fourth-order valence-electron chi connectivity index (χ4n) is 2.41. The molecule has 2 heterocycles. The van der Waals surface area contributed by atoms with Gasteiger partial charge in [0.1, 0.15) is 0 Å². The number of aryl methyl sites for hydroxylation is 2. The number of aromatic nitrogens is 3. The minimum absolute atomic E-state index is 0.362. The molecular formula is C15H21BrN4. The monoisotopic (exact) mass is 336 g/mol. The zero-order valence-electron chi connectivity index (χ0n) is 12.2. The fourth-order valence-corrected chi connectivity index (χ4v) is 2.91.